The van der Waals surface area contributed by atoms with Gasteiger partial charge in [0.2, 0.25) is 0 Å². The van der Waals surface area contributed by atoms with Crippen LogP contribution >= 0.6 is 0 Å². The highest BCUT2D eigenvalue weighted by Gasteiger charge is 2.03. The van der Waals surface area contributed by atoms with Gasteiger partial charge in [0, 0.05) is 11.3 Å². The number of amides is 1. The Kier molecular flexibility index (Phi) is 3.12. The molecule has 1 aromatic rings. The van der Waals surface area contributed by atoms with Crippen LogP contribution in [-0.2, 0) is 0 Å². The highest BCUT2D eigenvalue weighted by molar-refractivity contribution is 5.94. The van der Waals surface area contributed by atoms with Gasteiger partial charge in [0.1, 0.15) is 5.76 Å². The quantitative estimate of drug-likeness (QED) is 0.495. The molecule has 0 saturated carbocycles. The van der Waals surface area contributed by atoms with Crippen LogP contribution in [0.4, 0.5) is 5.69 Å². The van der Waals surface area contributed by atoms with Gasteiger partial charge in [0.25, 0.3) is 5.91 Å². The lowest BCUT2D eigenvalue weighted by Gasteiger charge is -2.03. The van der Waals surface area contributed by atoms with Gasteiger partial charge in [-0.2, -0.15) is 0 Å². The lowest BCUT2D eigenvalue weighted by atomic mass is 10.2. The Labute approximate surface area is 82.0 Å². The van der Waals surface area contributed by atoms with Gasteiger partial charge in [-0.1, -0.05) is 6.58 Å². The number of nitrogens with two attached hydrogens (primary N) is 1. The standard InChI is InChI=1S/C10H12N2O2/c1-7(13)6-12-10(14)8-2-4-9(11)5-3-8/h2-5,13H,1,6,11H2,(H,12,14). The molecule has 4 nitrogen and oxygen atoms in total. The fourth-order valence-electron chi connectivity index (χ4n) is 0.919. The number of hydrogen-bond acceptors (Lipinski definition) is 3. The van der Waals surface area contributed by atoms with Crippen molar-refractivity contribution in [1.82, 2.24) is 5.32 Å². The summed E-state index contributed by atoms with van der Waals surface area (Å²) < 4.78 is 0. The Morgan fingerprint density at radius 1 is 1.43 bits per heavy atom. The average Bonchev–Trinajstić information content (AvgIpc) is 2.15. The molecule has 0 fully saturated rings. The van der Waals surface area contributed by atoms with Crippen LogP contribution in [0.25, 0.3) is 0 Å². The maximum atomic E-state index is 11.4. The van der Waals surface area contributed by atoms with Crippen LogP contribution in [0.2, 0.25) is 0 Å². The van der Waals surface area contributed by atoms with Gasteiger partial charge in [-0.3, -0.25) is 4.79 Å². The Bertz CT molecular complexity index is 344. The molecule has 14 heavy (non-hydrogen) atoms. The third-order valence-electron chi connectivity index (χ3n) is 1.63. The first kappa shape index (κ1) is 10.1. The maximum absolute atomic E-state index is 11.4. The molecule has 0 aliphatic rings. The fraction of sp³-hybridized carbons (Fsp3) is 0.100. The number of benzene rings is 1. The van der Waals surface area contributed by atoms with E-state index < -0.39 is 0 Å². The Morgan fingerprint density at radius 2 is 2.00 bits per heavy atom. The SMILES string of the molecule is C=C(O)CNC(=O)c1ccc(N)cc1. The van der Waals surface area contributed by atoms with Crippen LogP contribution in [0, 0.1) is 0 Å². The molecule has 1 aromatic carbocycles. The predicted octanol–water partition coefficient (Wildman–Crippen LogP) is 1.07. The summed E-state index contributed by atoms with van der Waals surface area (Å²) in [5.74, 6) is -0.339. The van der Waals surface area contributed by atoms with E-state index in [1.807, 2.05) is 0 Å². The van der Waals surface area contributed by atoms with E-state index in [0.29, 0.717) is 11.3 Å². The minimum absolute atomic E-state index is 0.0587. The van der Waals surface area contributed by atoms with Crippen LogP contribution in [0.5, 0.6) is 0 Å². The number of aliphatic hydroxyl groups excluding tert-OH is 1. The molecular formula is C10H12N2O2. The number of carbonyl (C=O) groups excluding carboxylic acids is 1. The van der Waals surface area contributed by atoms with Crippen molar-refractivity contribution >= 4 is 11.6 Å². The van der Waals surface area contributed by atoms with E-state index in [4.69, 9.17) is 10.8 Å². The molecule has 0 aliphatic heterocycles. The van der Waals surface area contributed by atoms with Gasteiger partial charge in [-0.15, -0.1) is 0 Å². The first-order chi connectivity index (χ1) is 6.59. The fourth-order valence-corrected chi connectivity index (χ4v) is 0.919. The molecule has 0 unspecified atom stereocenters. The van der Waals surface area contributed by atoms with E-state index in [1.54, 1.807) is 24.3 Å². The molecule has 4 N–H and O–H groups in total. The summed E-state index contributed by atoms with van der Waals surface area (Å²) in [7, 11) is 0. The molecule has 0 aliphatic carbocycles. The second-order valence-electron chi connectivity index (χ2n) is 2.87. The van der Waals surface area contributed by atoms with Gasteiger partial charge in [-0.05, 0) is 24.3 Å². The van der Waals surface area contributed by atoms with Crippen molar-refractivity contribution in [3.05, 3.63) is 42.2 Å². The lowest BCUT2D eigenvalue weighted by molar-refractivity contribution is 0.0952. The molecule has 4 heteroatoms. The van der Waals surface area contributed by atoms with Crippen LogP contribution in [-0.4, -0.2) is 17.6 Å². The second-order valence-corrected chi connectivity index (χ2v) is 2.87. The van der Waals surface area contributed by atoms with Crippen molar-refractivity contribution in [3.8, 4) is 0 Å². The lowest BCUT2D eigenvalue weighted by Crippen LogP contribution is -2.25. The van der Waals surface area contributed by atoms with Gasteiger partial charge in [-0.25, -0.2) is 0 Å². The Morgan fingerprint density at radius 3 is 2.50 bits per heavy atom. The number of aliphatic hydroxyl groups is 1. The van der Waals surface area contributed by atoms with Gasteiger partial charge in [0.05, 0.1) is 6.54 Å². The molecule has 0 atom stereocenters. The summed E-state index contributed by atoms with van der Waals surface area (Å²) in [4.78, 5) is 11.4. The molecule has 1 rings (SSSR count). The molecule has 0 spiro atoms. The largest absolute Gasteiger partial charge is 0.511 e. The second kappa shape index (κ2) is 4.32. The number of carbonyl (C=O) groups is 1. The third-order valence-corrected chi connectivity index (χ3v) is 1.63. The first-order valence-corrected chi connectivity index (χ1v) is 4.10. The minimum atomic E-state index is -0.264. The number of nitrogen functional groups attached to an aromatic ring is 1. The monoisotopic (exact) mass is 192 g/mol. The predicted molar refractivity (Wildman–Crippen MR) is 55.0 cm³/mol. The van der Waals surface area contributed by atoms with Gasteiger partial charge < -0.3 is 16.2 Å². The summed E-state index contributed by atoms with van der Waals surface area (Å²) >= 11 is 0. The summed E-state index contributed by atoms with van der Waals surface area (Å²) in [5, 5.41) is 11.3. The van der Waals surface area contributed by atoms with Crippen LogP contribution in [0.1, 0.15) is 10.4 Å². The molecule has 0 saturated heterocycles. The van der Waals surface area contributed by atoms with Crippen molar-refractivity contribution in [3.63, 3.8) is 0 Å². The minimum Gasteiger partial charge on any atom is -0.511 e. The van der Waals surface area contributed by atoms with Crippen molar-refractivity contribution in [2.24, 2.45) is 0 Å². The van der Waals surface area contributed by atoms with Gasteiger partial charge >= 0.3 is 0 Å². The molecule has 0 aromatic heterocycles. The topological polar surface area (TPSA) is 75.3 Å². The molecule has 1 amide bonds. The number of hydrogen-bond donors (Lipinski definition) is 3. The zero-order valence-electron chi connectivity index (χ0n) is 7.66. The van der Waals surface area contributed by atoms with Crippen molar-refractivity contribution in [2.75, 3.05) is 12.3 Å². The highest BCUT2D eigenvalue weighted by Crippen LogP contribution is 2.04. The summed E-state index contributed by atoms with van der Waals surface area (Å²) in [5.41, 5.74) is 6.57. The van der Waals surface area contributed by atoms with E-state index in [2.05, 4.69) is 11.9 Å². The normalized spacial score (nSPS) is 9.43. The van der Waals surface area contributed by atoms with E-state index in [0.717, 1.165) is 0 Å². The van der Waals surface area contributed by atoms with Crippen LogP contribution in [0.3, 0.4) is 0 Å². The number of nitrogens with one attached hydrogen (secondary N) is 1. The van der Waals surface area contributed by atoms with E-state index in [-0.39, 0.29) is 18.2 Å². The van der Waals surface area contributed by atoms with E-state index in [1.165, 1.54) is 0 Å². The molecule has 0 radical (unpaired) electrons. The van der Waals surface area contributed by atoms with Crippen molar-refractivity contribution in [2.45, 2.75) is 0 Å². The Hall–Kier alpha value is -1.97. The molecule has 74 valence electrons. The van der Waals surface area contributed by atoms with E-state index in [9.17, 15) is 4.79 Å². The smallest absolute Gasteiger partial charge is 0.251 e. The zero-order valence-corrected chi connectivity index (χ0v) is 7.66. The number of rotatable bonds is 3. The summed E-state index contributed by atoms with van der Waals surface area (Å²) in [6, 6.07) is 6.51. The van der Waals surface area contributed by atoms with E-state index >= 15 is 0 Å². The third kappa shape index (κ3) is 2.82. The van der Waals surface area contributed by atoms with Crippen LogP contribution < -0.4 is 11.1 Å². The molecular weight excluding hydrogens is 180 g/mol. The van der Waals surface area contributed by atoms with Crippen molar-refractivity contribution < 1.29 is 9.90 Å². The summed E-state index contributed by atoms with van der Waals surface area (Å²) in [6.45, 7) is 3.31. The maximum Gasteiger partial charge on any atom is 0.251 e. The van der Waals surface area contributed by atoms with Gasteiger partial charge in [0.15, 0.2) is 0 Å². The van der Waals surface area contributed by atoms with Crippen molar-refractivity contribution in [1.29, 1.82) is 0 Å². The first-order valence-electron chi connectivity index (χ1n) is 4.10. The average molecular weight is 192 g/mol. The molecule has 0 bridgehead atoms. The summed E-state index contributed by atoms with van der Waals surface area (Å²) in [6.07, 6.45) is 0. The Balaban J connectivity index is 2.61. The molecule has 0 heterocycles. The number of anilines is 1. The van der Waals surface area contributed by atoms with Crippen LogP contribution in [0.15, 0.2) is 36.6 Å². The zero-order chi connectivity index (χ0) is 10.6. The highest BCUT2D eigenvalue weighted by atomic mass is 16.3.